The molecule has 0 bridgehead atoms. The number of nitrogens with one attached hydrogen (secondary N) is 1. The van der Waals surface area contributed by atoms with E-state index in [1.54, 1.807) is 26.0 Å². The summed E-state index contributed by atoms with van der Waals surface area (Å²) in [6.45, 7) is 5.63. The number of carbonyl (C=O) groups excluding carboxylic acids is 1. The van der Waals surface area contributed by atoms with Crippen LogP contribution < -0.4 is 11.1 Å². The molecule has 3 N–H and O–H groups in total. The van der Waals surface area contributed by atoms with Gasteiger partial charge < -0.3 is 11.1 Å². The first-order chi connectivity index (χ1) is 7.79. The van der Waals surface area contributed by atoms with Crippen LogP contribution in [0.4, 0.5) is 5.69 Å². The van der Waals surface area contributed by atoms with E-state index in [1.165, 1.54) is 0 Å². The third-order valence-electron chi connectivity index (χ3n) is 2.65. The first-order valence-corrected chi connectivity index (χ1v) is 6.01. The SMILES string of the molecule is Cc1ccc(Cl)c(NC(=O)C(C)(C)CN)c1Cl. The Bertz CT molecular complexity index is 444. The molecule has 0 atom stereocenters. The number of amides is 1. The second-order valence-corrected chi connectivity index (χ2v) is 5.38. The smallest absolute Gasteiger partial charge is 0.231 e. The molecular formula is C12H16Cl2N2O. The maximum Gasteiger partial charge on any atom is 0.231 e. The summed E-state index contributed by atoms with van der Waals surface area (Å²) >= 11 is 12.1. The van der Waals surface area contributed by atoms with Gasteiger partial charge in [-0.1, -0.05) is 29.3 Å². The highest BCUT2D eigenvalue weighted by atomic mass is 35.5. The maximum absolute atomic E-state index is 12.0. The highest BCUT2D eigenvalue weighted by Gasteiger charge is 2.27. The van der Waals surface area contributed by atoms with Gasteiger partial charge in [0, 0.05) is 6.54 Å². The van der Waals surface area contributed by atoms with Crippen molar-refractivity contribution in [3.63, 3.8) is 0 Å². The van der Waals surface area contributed by atoms with Crippen LogP contribution in [-0.4, -0.2) is 12.5 Å². The van der Waals surface area contributed by atoms with Crippen molar-refractivity contribution < 1.29 is 4.79 Å². The van der Waals surface area contributed by atoms with Crippen LogP contribution in [0.25, 0.3) is 0 Å². The summed E-state index contributed by atoms with van der Waals surface area (Å²) in [5.41, 5.74) is 6.19. The van der Waals surface area contributed by atoms with Crippen molar-refractivity contribution in [2.45, 2.75) is 20.8 Å². The Balaban J connectivity index is 3.04. The van der Waals surface area contributed by atoms with Crippen LogP contribution in [0.2, 0.25) is 10.0 Å². The highest BCUT2D eigenvalue weighted by Crippen LogP contribution is 2.33. The summed E-state index contributed by atoms with van der Waals surface area (Å²) in [4.78, 5) is 12.0. The molecule has 0 aliphatic carbocycles. The van der Waals surface area contributed by atoms with E-state index in [0.29, 0.717) is 15.7 Å². The largest absolute Gasteiger partial charge is 0.329 e. The lowest BCUT2D eigenvalue weighted by Crippen LogP contribution is -2.37. The zero-order valence-electron chi connectivity index (χ0n) is 10.1. The van der Waals surface area contributed by atoms with Crippen molar-refractivity contribution in [1.82, 2.24) is 0 Å². The number of anilines is 1. The average molecular weight is 275 g/mol. The molecule has 0 aliphatic rings. The molecule has 1 amide bonds. The van der Waals surface area contributed by atoms with Crippen LogP contribution in [-0.2, 0) is 4.79 Å². The van der Waals surface area contributed by atoms with E-state index >= 15 is 0 Å². The predicted octanol–water partition coefficient (Wildman–Crippen LogP) is 3.23. The molecule has 3 nitrogen and oxygen atoms in total. The molecule has 0 spiro atoms. The van der Waals surface area contributed by atoms with Crippen LogP contribution in [0.5, 0.6) is 0 Å². The van der Waals surface area contributed by atoms with Gasteiger partial charge in [0.15, 0.2) is 0 Å². The summed E-state index contributed by atoms with van der Waals surface area (Å²) in [5.74, 6) is -0.200. The van der Waals surface area contributed by atoms with Gasteiger partial charge in [-0.15, -0.1) is 0 Å². The Hall–Kier alpha value is -0.770. The second kappa shape index (κ2) is 5.25. The van der Waals surface area contributed by atoms with Crippen molar-refractivity contribution in [1.29, 1.82) is 0 Å². The summed E-state index contributed by atoms with van der Waals surface area (Å²) in [6, 6.07) is 3.50. The molecule has 17 heavy (non-hydrogen) atoms. The molecule has 1 aromatic rings. The number of hydrogen-bond acceptors (Lipinski definition) is 2. The Labute approximate surface area is 111 Å². The van der Waals surface area contributed by atoms with Crippen LogP contribution in [0.15, 0.2) is 12.1 Å². The van der Waals surface area contributed by atoms with E-state index in [4.69, 9.17) is 28.9 Å². The zero-order chi connectivity index (χ0) is 13.2. The molecule has 0 heterocycles. The van der Waals surface area contributed by atoms with Gasteiger partial charge in [0.25, 0.3) is 0 Å². The van der Waals surface area contributed by atoms with Crippen LogP contribution in [0.3, 0.4) is 0 Å². The van der Waals surface area contributed by atoms with Gasteiger partial charge in [-0.2, -0.15) is 0 Å². The molecular weight excluding hydrogens is 259 g/mol. The van der Waals surface area contributed by atoms with E-state index in [-0.39, 0.29) is 12.5 Å². The normalized spacial score (nSPS) is 11.4. The number of rotatable bonds is 3. The number of carbonyl (C=O) groups is 1. The molecule has 94 valence electrons. The first-order valence-electron chi connectivity index (χ1n) is 5.25. The van der Waals surface area contributed by atoms with Crippen molar-refractivity contribution in [2.75, 3.05) is 11.9 Å². The maximum atomic E-state index is 12.0. The number of benzene rings is 1. The number of halogens is 2. The van der Waals surface area contributed by atoms with Crippen LogP contribution in [0.1, 0.15) is 19.4 Å². The van der Waals surface area contributed by atoms with E-state index in [9.17, 15) is 4.79 Å². The summed E-state index contributed by atoms with van der Waals surface area (Å²) in [5, 5.41) is 3.60. The van der Waals surface area contributed by atoms with Crippen molar-refractivity contribution >= 4 is 34.8 Å². The lowest BCUT2D eigenvalue weighted by molar-refractivity contribution is -0.123. The number of hydrogen-bond donors (Lipinski definition) is 2. The minimum atomic E-state index is -0.656. The molecule has 5 heteroatoms. The van der Waals surface area contributed by atoms with E-state index in [1.807, 2.05) is 6.92 Å². The molecule has 0 aromatic heterocycles. The van der Waals surface area contributed by atoms with Gasteiger partial charge in [-0.05, 0) is 32.4 Å². The molecule has 1 rings (SSSR count). The lowest BCUT2D eigenvalue weighted by Gasteiger charge is -2.22. The molecule has 0 fully saturated rings. The Morgan fingerprint density at radius 2 is 2.00 bits per heavy atom. The minimum Gasteiger partial charge on any atom is -0.329 e. The predicted molar refractivity (Wildman–Crippen MR) is 72.7 cm³/mol. The molecule has 1 aromatic carbocycles. The fourth-order valence-corrected chi connectivity index (χ4v) is 1.61. The summed E-state index contributed by atoms with van der Waals surface area (Å²) < 4.78 is 0. The van der Waals surface area contributed by atoms with Crippen LogP contribution in [0, 0.1) is 12.3 Å². The number of nitrogens with two attached hydrogens (primary N) is 1. The van der Waals surface area contributed by atoms with Crippen molar-refractivity contribution in [3.05, 3.63) is 27.7 Å². The number of aryl methyl sites for hydroxylation is 1. The third kappa shape index (κ3) is 3.12. The third-order valence-corrected chi connectivity index (χ3v) is 3.45. The topological polar surface area (TPSA) is 55.1 Å². The quantitative estimate of drug-likeness (QED) is 0.889. The van der Waals surface area contributed by atoms with Crippen molar-refractivity contribution in [3.8, 4) is 0 Å². The first kappa shape index (κ1) is 14.3. The van der Waals surface area contributed by atoms with Crippen LogP contribution >= 0.6 is 23.2 Å². The molecule has 0 aliphatic heterocycles. The van der Waals surface area contributed by atoms with Crippen molar-refractivity contribution in [2.24, 2.45) is 11.1 Å². The lowest BCUT2D eigenvalue weighted by atomic mass is 9.92. The fraction of sp³-hybridized carbons (Fsp3) is 0.417. The van der Waals surface area contributed by atoms with Gasteiger partial charge in [0.1, 0.15) is 0 Å². The average Bonchev–Trinajstić information content (AvgIpc) is 2.29. The van der Waals surface area contributed by atoms with E-state index in [2.05, 4.69) is 5.32 Å². The summed E-state index contributed by atoms with van der Waals surface area (Å²) in [7, 11) is 0. The van der Waals surface area contributed by atoms with Gasteiger partial charge in [0.2, 0.25) is 5.91 Å². The Morgan fingerprint density at radius 1 is 1.41 bits per heavy atom. The van der Waals surface area contributed by atoms with Gasteiger partial charge >= 0.3 is 0 Å². The Morgan fingerprint density at radius 3 is 2.53 bits per heavy atom. The minimum absolute atomic E-state index is 0.200. The van der Waals surface area contributed by atoms with Gasteiger partial charge in [-0.25, -0.2) is 0 Å². The summed E-state index contributed by atoms with van der Waals surface area (Å²) in [6.07, 6.45) is 0. The zero-order valence-corrected chi connectivity index (χ0v) is 11.6. The molecule has 0 radical (unpaired) electrons. The highest BCUT2D eigenvalue weighted by molar-refractivity contribution is 6.40. The molecule has 0 saturated carbocycles. The van der Waals surface area contributed by atoms with Gasteiger partial charge in [0.05, 0.1) is 21.1 Å². The Kier molecular flexibility index (Phi) is 4.42. The molecule has 0 saturated heterocycles. The van der Waals surface area contributed by atoms with E-state index < -0.39 is 5.41 Å². The fourth-order valence-electron chi connectivity index (χ4n) is 1.15. The van der Waals surface area contributed by atoms with Gasteiger partial charge in [-0.3, -0.25) is 4.79 Å². The molecule has 0 unspecified atom stereocenters. The monoisotopic (exact) mass is 274 g/mol. The second-order valence-electron chi connectivity index (χ2n) is 4.60. The van der Waals surface area contributed by atoms with E-state index in [0.717, 1.165) is 5.56 Å². The standard InChI is InChI=1S/C12H16Cl2N2O/c1-7-4-5-8(13)10(9(7)14)16-11(17)12(2,3)6-15/h4-5H,6,15H2,1-3H3,(H,16,17).